The van der Waals surface area contributed by atoms with Crippen molar-refractivity contribution in [3.8, 4) is 6.07 Å². The van der Waals surface area contributed by atoms with Crippen molar-refractivity contribution in [2.75, 3.05) is 0 Å². The lowest BCUT2D eigenvalue weighted by atomic mass is 10.2. The van der Waals surface area contributed by atoms with Gasteiger partial charge in [-0.25, -0.2) is 0 Å². The zero-order chi connectivity index (χ0) is 8.04. The largest absolute Gasteiger partial charge is 0.392 e. The third-order valence-corrected chi connectivity index (χ3v) is 0.868. The molecule has 0 aliphatic heterocycles. The molecule has 0 aromatic carbocycles. The van der Waals surface area contributed by atoms with Crippen molar-refractivity contribution < 1.29 is 13.2 Å². The number of unbranched alkanes of at least 4 members (excludes halogenated alkanes) is 2. The minimum atomic E-state index is -4.19. The summed E-state index contributed by atoms with van der Waals surface area (Å²) in [6.45, 7) is 0. The Bertz CT molecular complexity index is 122. The topological polar surface area (TPSA) is 23.8 Å². The molecule has 0 fully saturated rings. The van der Waals surface area contributed by atoms with E-state index in [9.17, 15) is 13.2 Å². The first-order chi connectivity index (χ1) is 4.56. The first kappa shape index (κ1) is 9.28. The van der Waals surface area contributed by atoms with Crippen LogP contribution in [0.15, 0.2) is 0 Å². The molecule has 57 valence electrons. The van der Waals surface area contributed by atoms with E-state index in [0.29, 0.717) is 0 Å². The molecule has 0 bridgehead atoms. The number of nitriles is 1. The van der Waals surface area contributed by atoms with E-state index >= 15 is 0 Å². The van der Waals surface area contributed by atoms with E-state index in [2.05, 4.69) is 0 Å². The molecule has 0 unspecified atom stereocenters. The third-order valence-electron chi connectivity index (χ3n) is 0.868. The van der Waals surface area contributed by atoms with Crippen molar-refractivity contribution in [3.63, 3.8) is 0 Å². The van der Waals surface area contributed by atoms with E-state index in [1.807, 2.05) is 0 Å². The fourth-order valence-corrected chi connectivity index (χ4v) is 0.447. The number of hydrogen-bond acceptors (Lipinski definition) is 1. The van der Waals surface area contributed by atoms with Gasteiger partial charge in [0, 0.05) is 6.42 Å². The molecular weight excluding hydrogens is 143 g/mol. The average Bonchev–Trinajstić information content (AvgIpc) is 1.78. The molecule has 4 heteroatoms. The first-order valence-corrected chi connectivity index (χ1v) is 2.84. The van der Waals surface area contributed by atoms with E-state index in [1.165, 1.54) is 0 Å². The smallest absolute Gasteiger partial charge is 0.198 e. The van der Waals surface area contributed by atoms with Gasteiger partial charge in [-0.3, -0.25) is 0 Å². The summed E-state index contributed by atoms with van der Waals surface area (Å²) < 4.78 is 34.0. The van der Waals surface area contributed by atoms with Crippen LogP contribution in [-0.2, 0) is 0 Å². The molecule has 1 nitrogen and oxygen atoms in total. The van der Waals surface area contributed by atoms with Crippen LogP contribution in [-0.4, -0.2) is 6.18 Å². The Kier molecular flexibility index (Phi) is 3.85. The van der Waals surface area contributed by atoms with Crippen LogP contribution in [0, 0.1) is 17.8 Å². The van der Waals surface area contributed by atoms with Gasteiger partial charge in [0.2, 0.25) is 0 Å². The van der Waals surface area contributed by atoms with Crippen molar-refractivity contribution in [2.45, 2.75) is 25.4 Å². The molecule has 0 aromatic heterocycles. The fourth-order valence-electron chi connectivity index (χ4n) is 0.447. The second kappa shape index (κ2) is 4.15. The van der Waals surface area contributed by atoms with Gasteiger partial charge in [-0.15, -0.1) is 0 Å². The zero-order valence-corrected chi connectivity index (χ0v) is 5.28. The Morgan fingerprint density at radius 3 is 2.40 bits per heavy atom. The standard InChI is InChI=1S/C6H7F3N/c7-6(8,9)4-2-1-3-5-10/h4H,1-3H2. The zero-order valence-electron chi connectivity index (χ0n) is 5.28. The molecule has 0 rings (SSSR count). The molecule has 1 radical (unpaired) electrons. The fraction of sp³-hybridized carbons (Fsp3) is 0.667. The maximum absolute atomic E-state index is 11.3. The van der Waals surface area contributed by atoms with Gasteiger partial charge in [0.05, 0.1) is 12.5 Å². The molecule has 10 heavy (non-hydrogen) atoms. The lowest BCUT2D eigenvalue weighted by molar-refractivity contribution is -0.0983. The molecular formula is C6H7F3N. The van der Waals surface area contributed by atoms with E-state index in [1.54, 1.807) is 6.07 Å². The monoisotopic (exact) mass is 150 g/mol. The minimum absolute atomic E-state index is 0.0585. The van der Waals surface area contributed by atoms with E-state index < -0.39 is 6.18 Å². The summed E-state index contributed by atoms with van der Waals surface area (Å²) in [6.07, 6.45) is -3.50. The van der Waals surface area contributed by atoms with Crippen molar-refractivity contribution in [1.29, 1.82) is 5.26 Å². The van der Waals surface area contributed by atoms with Crippen LogP contribution in [0.3, 0.4) is 0 Å². The Morgan fingerprint density at radius 2 is 2.00 bits per heavy atom. The van der Waals surface area contributed by atoms with Crippen molar-refractivity contribution >= 4 is 0 Å². The van der Waals surface area contributed by atoms with Gasteiger partial charge in [0.15, 0.2) is 0 Å². The second-order valence-corrected chi connectivity index (χ2v) is 1.80. The normalized spacial score (nSPS) is 11.0. The van der Waals surface area contributed by atoms with E-state index in [-0.39, 0.29) is 25.7 Å². The summed E-state index contributed by atoms with van der Waals surface area (Å²) in [7, 11) is 0. The number of alkyl halides is 3. The van der Waals surface area contributed by atoms with Crippen molar-refractivity contribution in [2.24, 2.45) is 0 Å². The summed E-state index contributed by atoms with van der Waals surface area (Å²) in [5.41, 5.74) is 0. The number of nitrogens with zero attached hydrogens (tertiary/aromatic N) is 1. The number of hydrogen-bond donors (Lipinski definition) is 0. The van der Waals surface area contributed by atoms with E-state index in [0.717, 1.165) is 0 Å². The van der Waals surface area contributed by atoms with Crippen LogP contribution in [0.1, 0.15) is 19.3 Å². The van der Waals surface area contributed by atoms with E-state index in [4.69, 9.17) is 5.26 Å². The molecule has 0 heterocycles. The molecule has 0 saturated carbocycles. The van der Waals surface area contributed by atoms with Crippen molar-refractivity contribution in [3.05, 3.63) is 6.42 Å². The van der Waals surface area contributed by atoms with Crippen LogP contribution in [0.2, 0.25) is 0 Å². The van der Waals surface area contributed by atoms with Crippen molar-refractivity contribution in [1.82, 2.24) is 0 Å². The first-order valence-electron chi connectivity index (χ1n) is 2.84. The van der Waals surface area contributed by atoms with Crippen LogP contribution >= 0.6 is 0 Å². The number of halogens is 3. The molecule has 0 amide bonds. The lowest BCUT2D eigenvalue weighted by Crippen LogP contribution is -2.07. The Labute approximate surface area is 57.5 Å². The molecule has 0 aliphatic rings. The highest BCUT2D eigenvalue weighted by Gasteiger charge is 2.26. The predicted molar refractivity (Wildman–Crippen MR) is 29.8 cm³/mol. The summed E-state index contributed by atoms with van der Waals surface area (Å²) in [5, 5.41) is 7.95. The minimum Gasteiger partial charge on any atom is -0.198 e. The predicted octanol–water partition coefficient (Wildman–Crippen LogP) is 2.45. The van der Waals surface area contributed by atoms with Crippen LogP contribution in [0.5, 0.6) is 0 Å². The maximum atomic E-state index is 11.3. The Hall–Kier alpha value is -0.720. The Balaban J connectivity index is 3.14. The molecule has 0 spiro atoms. The summed E-state index contributed by atoms with van der Waals surface area (Å²) in [6, 6.07) is 1.77. The van der Waals surface area contributed by atoms with Crippen LogP contribution in [0.4, 0.5) is 13.2 Å². The Morgan fingerprint density at radius 1 is 1.40 bits per heavy atom. The quantitative estimate of drug-likeness (QED) is 0.567. The van der Waals surface area contributed by atoms with Gasteiger partial charge in [-0.05, 0) is 12.8 Å². The molecule has 0 aliphatic carbocycles. The van der Waals surface area contributed by atoms with Gasteiger partial charge in [0.25, 0.3) is 0 Å². The summed E-state index contributed by atoms with van der Waals surface area (Å²) in [5.74, 6) is 0. The SMILES string of the molecule is N#CCCC[CH]C(F)(F)F. The summed E-state index contributed by atoms with van der Waals surface area (Å²) >= 11 is 0. The third kappa shape index (κ3) is 7.28. The molecule has 0 saturated heterocycles. The lowest BCUT2D eigenvalue weighted by Gasteiger charge is -2.02. The van der Waals surface area contributed by atoms with Gasteiger partial charge < -0.3 is 0 Å². The summed E-state index contributed by atoms with van der Waals surface area (Å²) in [4.78, 5) is 0. The highest BCUT2D eigenvalue weighted by atomic mass is 19.4. The molecule has 0 N–H and O–H groups in total. The van der Waals surface area contributed by atoms with Crippen LogP contribution in [0.25, 0.3) is 0 Å². The highest BCUT2D eigenvalue weighted by Crippen LogP contribution is 2.21. The number of rotatable bonds is 3. The van der Waals surface area contributed by atoms with Gasteiger partial charge in [0.1, 0.15) is 0 Å². The second-order valence-electron chi connectivity index (χ2n) is 1.80. The highest BCUT2D eigenvalue weighted by molar-refractivity contribution is 4.77. The molecule has 0 atom stereocenters. The van der Waals surface area contributed by atoms with Gasteiger partial charge in [-0.1, -0.05) is 0 Å². The van der Waals surface area contributed by atoms with Crippen LogP contribution < -0.4 is 0 Å². The average molecular weight is 150 g/mol. The van der Waals surface area contributed by atoms with Gasteiger partial charge >= 0.3 is 6.18 Å². The molecule has 0 aromatic rings. The van der Waals surface area contributed by atoms with Gasteiger partial charge in [-0.2, -0.15) is 18.4 Å². The maximum Gasteiger partial charge on any atom is 0.392 e.